The predicted octanol–water partition coefficient (Wildman–Crippen LogP) is 3.20. The van der Waals surface area contributed by atoms with Gasteiger partial charge in [0.1, 0.15) is 0 Å². The van der Waals surface area contributed by atoms with E-state index < -0.39 is 10.0 Å². The highest BCUT2D eigenvalue weighted by Gasteiger charge is 2.11. The lowest BCUT2D eigenvalue weighted by Crippen LogP contribution is -1.97. The quantitative estimate of drug-likeness (QED) is 0.686. The van der Waals surface area contributed by atoms with Gasteiger partial charge in [0.05, 0.1) is 11.1 Å². The first-order chi connectivity index (χ1) is 11.4. The van der Waals surface area contributed by atoms with Crippen molar-refractivity contribution in [2.24, 2.45) is 11.4 Å². The molecule has 0 saturated carbocycles. The van der Waals surface area contributed by atoms with E-state index in [1.807, 2.05) is 44.4 Å². The SMILES string of the molecule is Cc1ccc(S(=O)(=O)N=Cc2cccc(-c3cnn(C)c3)c2)cc1. The third-order valence-corrected chi connectivity index (χ3v) is 4.84. The molecule has 0 amide bonds. The molecule has 0 atom stereocenters. The maximum Gasteiger partial charge on any atom is 0.282 e. The number of aromatic nitrogens is 2. The largest absolute Gasteiger partial charge is 0.282 e. The van der Waals surface area contributed by atoms with Crippen LogP contribution >= 0.6 is 0 Å². The van der Waals surface area contributed by atoms with Gasteiger partial charge in [-0.2, -0.15) is 17.9 Å². The van der Waals surface area contributed by atoms with E-state index in [9.17, 15) is 8.42 Å². The molecule has 0 unspecified atom stereocenters. The minimum Gasteiger partial charge on any atom is -0.275 e. The molecule has 122 valence electrons. The number of benzene rings is 2. The number of hydrogen-bond donors (Lipinski definition) is 0. The van der Waals surface area contributed by atoms with Crippen molar-refractivity contribution in [2.75, 3.05) is 0 Å². The molecule has 24 heavy (non-hydrogen) atoms. The van der Waals surface area contributed by atoms with Crippen LogP contribution in [0.5, 0.6) is 0 Å². The third-order valence-electron chi connectivity index (χ3n) is 3.58. The molecule has 0 aliphatic rings. The van der Waals surface area contributed by atoms with Crippen molar-refractivity contribution in [1.82, 2.24) is 9.78 Å². The van der Waals surface area contributed by atoms with Crippen LogP contribution in [-0.2, 0) is 17.1 Å². The fraction of sp³-hybridized carbons (Fsp3) is 0.111. The molecule has 3 aromatic rings. The van der Waals surface area contributed by atoms with Crippen LogP contribution < -0.4 is 0 Å². The molecule has 2 aromatic carbocycles. The van der Waals surface area contributed by atoms with Crippen LogP contribution in [0, 0.1) is 6.92 Å². The van der Waals surface area contributed by atoms with Gasteiger partial charge in [0.25, 0.3) is 10.0 Å². The lowest BCUT2D eigenvalue weighted by molar-refractivity contribution is 0.598. The summed E-state index contributed by atoms with van der Waals surface area (Å²) < 4.78 is 30.0. The molecule has 0 saturated heterocycles. The average molecular weight is 339 g/mol. The fourth-order valence-corrected chi connectivity index (χ4v) is 3.13. The molecule has 0 bridgehead atoms. The van der Waals surface area contributed by atoms with Crippen molar-refractivity contribution in [2.45, 2.75) is 11.8 Å². The van der Waals surface area contributed by atoms with Crippen molar-refractivity contribution in [3.63, 3.8) is 0 Å². The number of hydrogen-bond acceptors (Lipinski definition) is 3. The second kappa shape index (κ2) is 6.41. The van der Waals surface area contributed by atoms with Crippen molar-refractivity contribution in [3.05, 3.63) is 72.1 Å². The maximum atomic E-state index is 12.3. The van der Waals surface area contributed by atoms with Gasteiger partial charge in [-0.3, -0.25) is 4.68 Å². The Morgan fingerprint density at radius 1 is 1.08 bits per heavy atom. The van der Waals surface area contributed by atoms with E-state index in [-0.39, 0.29) is 4.90 Å². The first kappa shape index (κ1) is 16.1. The molecule has 5 nitrogen and oxygen atoms in total. The Morgan fingerprint density at radius 3 is 2.50 bits per heavy atom. The molecule has 3 rings (SSSR count). The van der Waals surface area contributed by atoms with Crippen molar-refractivity contribution in [3.8, 4) is 11.1 Å². The summed E-state index contributed by atoms with van der Waals surface area (Å²) in [7, 11) is -1.85. The van der Waals surface area contributed by atoms with Crippen LogP contribution in [0.15, 0.2) is 70.2 Å². The minimum absolute atomic E-state index is 0.188. The van der Waals surface area contributed by atoms with Crippen molar-refractivity contribution in [1.29, 1.82) is 0 Å². The van der Waals surface area contributed by atoms with E-state index in [4.69, 9.17) is 0 Å². The summed E-state index contributed by atoms with van der Waals surface area (Å²) >= 11 is 0. The number of rotatable bonds is 4. The van der Waals surface area contributed by atoms with E-state index in [1.165, 1.54) is 6.21 Å². The topological polar surface area (TPSA) is 64.3 Å². The summed E-state index contributed by atoms with van der Waals surface area (Å²) in [5, 5.41) is 4.14. The van der Waals surface area contributed by atoms with E-state index in [2.05, 4.69) is 9.50 Å². The van der Waals surface area contributed by atoms with Crippen LogP contribution in [0.2, 0.25) is 0 Å². The molecule has 1 heterocycles. The minimum atomic E-state index is -3.70. The van der Waals surface area contributed by atoms with Crippen LogP contribution in [0.4, 0.5) is 0 Å². The summed E-state index contributed by atoms with van der Waals surface area (Å²) in [6.45, 7) is 1.91. The van der Waals surface area contributed by atoms with Gasteiger partial charge >= 0.3 is 0 Å². The molecule has 6 heteroatoms. The van der Waals surface area contributed by atoms with Crippen molar-refractivity contribution >= 4 is 16.2 Å². The second-order valence-electron chi connectivity index (χ2n) is 5.55. The molecule has 1 aromatic heterocycles. The van der Waals surface area contributed by atoms with Gasteiger partial charge in [-0.1, -0.05) is 35.9 Å². The Kier molecular flexibility index (Phi) is 4.31. The van der Waals surface area contributed by atoms with Gasteiger partial charge in [0, 0.05) is 25.0 Å². The van der Waals surface area contributed by atoms with Crippen LogP contribution in [0.25, 0.3) is 11.1 Å². The molecule has 0 fully saturated rings. The number of aryl methyl sites for hydroxylation is 2. The molecule has 0 N–H and O–H groups in total. The Morgan fingerprint density at radius 2 is 1.83 bits per heavy atom. The fourth-order valence-electron chi connectivity index (χ4n) is 2.27. The highest BCUT2D eigenvalue weighted by atomic mass is 32.2. The van der Waals surface area contributed by atoms with E-state index in [0.29, 0.717) is 5.56 Å². The first-order valence-electron chi connectivity index (χ1n) is 7.40. The zero-order valence-electron chi connectivity index (χ0n) is 13.4. The third kappa shape index (κ3) is 3.60. The first-order valence-corrected chi connectivity index (χ1v) is 8.84. The molecule has 0 aliphatic heterocycles. The Hall–Kier alpha value is -2.73. The lowest BCUT2D eigenvalue weighted by atomic mass is 10.1. The van der Waals surface area contributed by atoms with E-state index >= 15 is 0 Å². The predicted molar refractivity (Wildman–Crippen MR) is 94.6 cm³/mol. The highest BCUT2D eigenvalue weighted by molar-refractivity contribution is 7.90. The zero-order valence-corrected chi connectivity index (χ0v) is 14.2. The lowest BCUT2D eigenvalue weighted by Gasteiger charge is -2.01. The Bertz CT molecular complexity index is 987. The maximum absolute atomic E-state index is 12.3. The van der Waals surface area contributed by atoms with Crippen molar-refractivity contribution < 1.29 is 8.42 Å². The van der Waals surface area contributed by atoms with Crippen LogP contribution in [-0.4, -0.2) is 24.4 Å². The molecule has 0 aliphatic carbocycles. The highest BCUT2D eigenvalue weighted by Crippen LogP contribution is 2.19. The monoisotopic (exact) mass is 339 g/mol. The summed E-state index contributed by atoms with van der Waals surface area (Å²) in [5.41, 5.74) is 3.64. The molecule has 0 radical (unpaired) electrons. The van der Waals surface area contributed by atoms with E-state index in [1.54, 1.807) is 35.1 Å². The summed E-state index contributed by atoms with van der Waals surface area (Å²) in [5.74, 6) is 0. The van der Waals surface area contributed by atoms with Gasteiger partial charge < -0.3 is 0 Å². The molecule has 0 spiro atoms. The van der Waals surface area contributed by atoms with Crippen LogP contribution in [0.3, 0.4) is 0 Å². The summed E-state index contributed by atoms with van der Waals surface area (Å²) in [6.07, 6.45) is 5.04. The number of sulfonamides is 1. The van der Waals surface area contributed by atoms with Gasteiger partial charge in [-0.25, -0.2) is 0 Å². The van der Waals surface area contributed by atoms with Gasteiger partial charge in [-0.05, 0) is 36.2 Å². The summed E-state index contributed by atoms with van der Waals surface area (Å²) in [6, 6.07) is 14.1. The molecular weight excluding hydrogens is 322 g/mol. The van der Waals surface area contributed by atoms with Gasteiger partial charge in [0.2, 0.25) is 0 Å². The smallest absolute Gasteiger partial charge is 0.275 e. The molecular formula is C18H17N3O2S. The normalized spacial score (nSPS) is 11.9. The van der Waals surface area contributed by atoms with Crippen LogP contribution in [0.1, 0.15) is 11.1 Å². The summed E-state index contributed by atoms with van der Waals surface area (Å²) in [4.78, 5) is 0.188. The second-order valence-corrected chi connectivity index (χ2v) is 7.18. The standard InChI is InChI=1S/C18H17N3O2S/c1-14-6-8-18(9-7-14)24(22,23)20-11-15-4-3-5-16(10-15)17-12-19-21(2)13-17/h3-13H,1-2H3. The number of nitrogens with zero attached hydrogens (tertiary/aromatic N) is 3. The van der Waals surface area contributed by atoms with E-state index in [0.717, 1.165) is 16.7 Å². The average Bonchev–Trinajstić information content (AvgIpc) is 3.00. The van der Waals surface area contributed by atoms with Gasteiger partial charge in [0.15, 0.2) is 0 Å². The Labute approximate surface area is 141 Å². The van der Waals surface area contributed by atoms with Gasteiger partial charge in [-0.15, -0.1) is 0 Å². The zero-order chi connectivity index (χ0) is 17.2. The Balaban J connectivity index is 1.88.